The number of aryl methyl sites for hydroxylation is 1. The molecule has 0 aliphatic carbocycles. The van der Waals surface area contributed by atoms with Gasteiger partial charge in [0.25, 0.3) is 0 Å². The molecule has 0 amide bonds. The van der Waals surface area contributed by atoms with E-state index in [0.717, 1.165) is 16.8 Å². The first-order valence-electron chi connectivity index (χ1n) is 6.43. The zero-order valence-electron chi connectivity index (χ0n) is 11.8. The Kier molecular flexibility index (Phi) is 4.56. The van der Waals surface area contributed by atoms with E-state index in [1.807, 2.05) is 32.0 Å². The molecular formula is C15H17ClN2O2S. The lowest BCUT2D eigenvalue weighted by molar-refractivity contribution is 0.597. The van der Waals surface area contributed by atoms with Crippen LogP contribution in [0.2, 0.25) is 5.02 Å². The van der Waals surface area contributed by atoms with Crippen molar-refractivity contribution in [3.8, 4) is 0 Å². The molecule has 0 bridgehead atoms. The molecule has 0 aromatic heterocycles. The van der Waals surface area contributed by atoms with Crippen LogP contribution in [-0.2, 0) is 10.0 Å². The first-order valence-corrected chi connectivity index (χ1v) is 8.35. The van der Waals surface area contributed by atoms with Crippen LogP contribution in [0, 0.1) is 6.92 Å². The summed E-state index contributed by atoms with van der Waals surface area (Å²) >= 11 is 6.19. The van der Waals surface area contributed by atoms with Crippen LogP contribution in [0.1, 0.15) is 24.1 Å². The molecule has 0 saturated carbocycles. The molecule has 0 fully saturated rings. The monoisotopic (exact) mass is 324 g/mol. The summed E-state index contributed by atoms with van der Waals surface area (Å²) in [5.41, 5.74) is 2.88. The van der Waals surface area contributed by atoms with Gasteiger partial charge in [0.1, 0.15) is 0 Å². The first-order chi connectivity index (χ1) is 9.77. The van der Waals surface area contributed by atoms with Crippen LogP contribution in [0.3, 0.4) is 0 Å². The van der Waals surface area contributed by atoms with Gasteiger partial charge in [0.2, 0.25) is 10.0 Å². The molecule has 6 heteroatoms. The van der Waals surface area contributed by atoms with Crippen molar-refractivity contribution in [3.05, 3.63) is 58.6 Å². The Bertz CT molecular complexity index is 743. The summed E-state index contributed by atoms with van der Waals surface area (Å²) in [4.78, 5) is 0.104. The van der Waals surface area contributed by atoms with Crippen LogP contribution in [0.5, 0.6) is 0 Å². The third-order valence-electron chi connectivity index (χ3n) is 3.21. The van der Waals surface area contributed by atoms with Gasteiger partial charge in [-0.25, -0.2) is 13.6 Å². The van der Waals surface area contributed by atoms with Crippen molar-refractivity contribution < 1.29 is 8.42 Å². The molecule has 112 valence electrons. The van der Waals surface area contributed by atoms with E-state index in [0.29, 0.717) is 5.02 Å². The average Bonchev–Trinajstić information content (AvgIpc) is 2.41. The minimum atomic E-state index is -3.66. The lowest BCUT2D eigenvalue weighted by atomic mass is 10.1. The SMILES string of the molecule is Cc1ccc(NC(C)c2ccc(S(N)(=O)=O)cc2)c(Cl)c1. The number of hydrogen-bond donors (Lipinski definition) is 2. The quantitative estimate of drug-likeness (QED) is 0.904. The van der Waals surface area contributed by atoms with Gasteiger partial charge in [0.05, 0.1) is 15.6 Å². The Hall–Kier alpha value is -1.56. The van der Waals surface area contributed by atoms with E-state index in [1.54, 1.807) is 12.1 Å². The van der Waals surface area contributed by atoms with Gasteiger partial charge in [0, 0.05) is 6.04 Å². The van der Waals surface area contributed by atoms with Crippen molar-refractivity contribution >= 4 is 27.3 Å². The number of hydrogen-bond acceptors (Lipinski definition) is 3. The van der Waals surface area contributed by atoms with Gasteiger partial charge in [-0.15, -0.1) is 0 Å². The van der Waals surface area contributed by atoms with Crippen LogP contribution in [0.25, 0.3) is 0 Å². The van der Waals surface area contributed by atoms with E-state index in [-0.39, 0.29) is 10.9 Å². The van der Waals surface area contributed by atoms with Crippen molar-refractivity contribution in [2.75, 3.05) is 5.32 Å². The Morgan fingerprint density at radius 3 is 2.29 bits per heavy atom. The molecule has 1 atom stereocenters. The fourth-order valence-electron chi connectivity index (χ4n) is 2.00. The van der Waals surface area contributed by atoms with Crippen LogP contribution < -0.4 is 10.5 Å². The third-order valence-corrected chi connectivity index (χ3v) is 4.45. The van der Waals surface area contributed by atoms with Crippen LogP contribution in [0.15, 0.2) is 47.4 Å². The summed E-state index contributed by atoms with van der Waals surface area (Å²) in [6.07, 6.45) is 0. The Morgan fingerprint density at radius 2 is 1.76 bits per heavy atom. The van der Waals surface area contributed by atoms with Gasteiger partial charge in [0.15, 0.2) is 0 Å². The van der Waals surface area contributed by atoms with Gasteiger partial charge in [-0.3, -0.25) is 0 Å². The molecule has 4 nitrogen and oxygen atoms in total. The highest BCUT2D eigenvalue weighted by Gasteiger charge is 2.11. The molecule has 3 N–H and O–H groups in total. The van der Waals surface area contributed by atoms with Crippen molar-refractivity contribution in [1.29, 1.82) is 0 Å². The maximum atomic E-state index is 11.2. The van der Waals surface area contributed by atoms with E-state index in [2.05, 4.69) is 5.32 Å². The van der Waals surface area contributed by atoms with Crippen LogP contribution >= 0.6 is 11.6 Å². The Labute approximate surface area is 130 Å². The van der Waals surface area contributed by atoms with Gasteiger partial charge in [-0.2, -0.15) is 0 Å². The highest BCUT2D eigenvalue weighted by molar-refractivity contribution is 7.89. The van der Waals surface area contributed by atoms with Crippen molar-refractivity contribution in [2.45, 2.75) is 24.8 Å². The zero-order valence-corrected chi connectivity index (χ0v) is 13.4. The standard InChI is InChI=1S/C15H17ClN2O2S/c1-10-3-8-15(14(16)9-10)18-11(2)12-4-6-13(7-5-12)21(17,19)20/h3-9,11,18H,1-2H3,(H2,17,19,20). The van der Waals surface area contributed by atoms with Crippen molar-refractivity contribution in [2.24, 2.45) is 5.14 Å². The lowest BCUT2D eigenvalue weighted by Crippen LogP contribution is -2.12. The molecule has 0 saturated heterocycles. The predicted molar refractivity (Wildman–Crippen MR) is 86.0 cm³/mol. The smallest absolute Gasteiger partial charge is 0.238 e. The molecule has 0 heterocycles. The molecule has 21 heavy (non-hydrogen) atoms. The lowest BCUT2D eigenvalue weighted by Gasteiger charge is -2.17. The topological polar surface area (TPSA) is 72.2 Å². The van der Waals surface area contributed by atoms with Crippen LogP contribution in [-0.4, -0.2) is 8.42 Å². The Morgan fingerprint density at radius 1 is 1.14 bits per heavy atom. The molecule has 1 unspecified atom stereocenters. The third kappa shape index (κ3) is 3.97. The second-order valence-corrected chi connectivity index (χ2v) is 6.93. The first kappa shape index (κ1) is 15.8. The van der Waals surface area contributed by atoms with Crippen molar-refractivity contribution in [1.82, 2.24) is 0 Å². The molecule has 2 aromatic carbocycles. The fraction of sp³-hybridized carbons (Fsp3) is 0.200. The summed E-state index contributed by atoms with van der Waals surface area (Å²) in [5.74, 6) is 0. The minimum absolute atomic E-state index is 0.0141. The molecular weight excluding hydrogens is 308 g/mol. The molecule has 0 radical (unpaired) electrons. The summed E-state index contributed by atoms with van der Waals surface area (Å²) in [7, 11) is -3.66. The number of sulfonamides is 1. The van der Waals surface area contributed by atoms with E-state index in [4.69, 9.17) is 16.7 Å². The Balaban J connectivity index is 2.18. The van der Waals surface area contributed by atoms with Gasteiger partial charge in [-0.05, 0) is 49.2 Å². The maximum absolute atomic E-state index is 11.2. The number of benzene rings is 2. The van der Waals surface area contributed by atoms with Gasteiger partial charge < -0.3 is 5.32 Å². The van der Waals surface area contributed by atoms with E-state index in [1.165, 1.54) is 12.1 Å². The van der Waals surface area contributed by atoms with Gasteiger partial charge >= 0.3 is 0 Å². The molecule has 0 aliphatic rings. The number of rotatable bonds is 4. The predicted octanol–water partition coefficient (Wildman–Crippen LogP) is 3.47. The average molecular weight is 325 g/mol. The highest BCUT2D eigenvalue weighted by atomic mass is 35.5. The summed E-state index contributed by atoms with van der Waals surface area (Å²) in [5, 5.41) is 9.03. The number of nitrogens with two attached hydrogens (primary N) is 1. The largest absolute Gasteiger partial charge is 0.377 e. The minimum Gasteiger partial charge on any atom is -0.377 e. The number of primary sulfonamides is 1. The summed E-state index contributed by atoms with van der Waals surface area (Å²) < 4.78 is 22.5. The molecule has 2 rings (SSSR count). The van der Waals surface area contributed by atoms with E-state index in [9.17, 15) is 8.42 Å². The number of halogens is 1. The van der Waals surface area contributed by atoms with Crippen molar-refractivity contribution in [3.63, 3.8) is 0 Å². The number of anilines is 1. The normalized spacial score (nSPS) is 13.0. The molecule has 2 aromatic rings. The second kappa shape index (κ2) is 6.05. The van der Waals surface area contributed by atoms with Gasteiger partial charge in [-0.1, -0.05) is 29.8 Å². The van der Waals surface area contributed by atoms with E-state index < -0.39 is 10.0 Å². The van der Waals surface area contributed by atoms with E-state index >= 15 is 0 Å². The van der Waals surface area contributed by atoms with Crippen LogP contribution in [0.4, 0.5) is 5.69 Å². The summed E-state index contributed by atoms with van der Waals surface area (Å²) in [6, 6.07) is 12.2. The second-order valence-electron chi connectivity index (χ2n) is 4.96. The summed E-state index contributed by atoms with van der Waals surface area (Å²) in [6.45, 7) is 3.95. The maximum Gasteiger partial charge on any atom is 0.238 e. The number of nitrogens with one attached hydrogen (secondary N) is 1. The molecule has 0 spiro atoms. The highest BCUT2D eigenvalue weighted by Crippen LogP contribution is 2.27. The molecule has 0 aliphatic heterocycles. The zero-order chi connectivity index (χ0) is 15.6. The fourth-order valence-corrected chi connectivity index (χ4v) is 2.81.